The summed E-state index contributed by atoms with van der Waals surface area (Å²) in [6.07, 6.45) is 0. The Balaban J connectivity index is 2.75. The molecule has 7 heteroatoms. The Morgan fingerprint density at radius 2 is 2.06 bits per heavy atom. The van der Waals surface area contributed by atoms with E-state index in [-0.39, 0.29) is 11.4 Å². The van der Waals surface area contributed by atoms with Crippen molar-refractivity contribution in [2.75, 3.05) is 0 Å². The second kappa shape index (κ2) is 5.13. The minimum Gasteiger partial charge on any atom is -0.480 e. The molecule has 1 amide bonds. The van der Waals surface area contributed by atoms with E-state index in [0.717, 1.165) is 21.9 Å². The van der Waals surface area contributed by atoms with E-state index in [1.54, 1.807) is 13.8 Å². The highest BCUT2D eigenvalue weighted by Crippen LogP contribution is 2.08. The summed E-state index contributed by atoms with van der Waals surface area (Å²) in [5.41, 5.74) is 0.734. The van der Waals surface area contributed by atoms with Crippen LogP contribution in [0.25, 0.3) is 0 Å². The van der Waals surface area contributed by atoms with E-state index in [9.17, 15) is 14.4 Å². The van der Waals surface area contributed by atoms with Crippen LogP contribution in [0.15, 0.2) is 4.79 Å². The number of hydrogen-bond acceptors (Lipinski definition) is 4. The quantitative estimate of drug-likeness (QED) is 0.802. The molecule has 0 saturated carbocycles. The molecule has 6 nitrogen and oxygen atoms in total. The lowest BCUT2D eigenvalue weighted by atomic mass is 10.3. The number of rotatable bonds is 4. The summed E-state index contributed by atoms with van der Waals surface area (Å²) in [4.78, 5) is 34.2. The molecule has 17 heavy (non-hydrogen) atoms. The minimum absolute atomic E-state index is 0.146. The van der Waals surface area contributed by atoms with Crippen LogP contribution in [0.1, 0.15) is 17.5 Å². The number of aliphatic carboxylic acids is 1. The van der Waals surface area contributed by atoms with Crippen molar-refractivity contribution in [3.63, 3.8) is 0 Å². The van der Waals surface area contributed by atoms with Crippen LogP contribution in [0.4, 0.5) is 0 Å². The number of carbonyl (C=O) groups excluding carboxylic acids is 1. The Kier molecular flexibility index (Phi) is 4.06. The monoisotopic (exact) mass is 258 g/mol. The molecule has 0 bridgehead atoms. The molecule has 1 rings (SSSR count). The number of carbonyl (C=O) groups is 2. The van der Waals surface area contributed by atoms with E-state index in [1.807, 2.05) is 0 Å². The number of thiazole rings is 1. The van der Waals surface area contributed by atoms with Gasteiger partial charge >= 0.3 is 10.8 Å². The number of hydrogen-bond donors (Lipinski definition) is 2. The van der Waals surface area contributed by atoms with Gasteiger partial charge in [-0.25, -0.2) is 0 Å². The number of carboxylic acids is 1. The third kappa shape index (κ3) is 3.16. The molecular formula is C10H14N2O4S. The van der Waals surface area contributed by atoms with E-state index >= 15 is 0 Å². The van der Waals surface area contributed by atoms with Crippen LogP contribution in [0.2, 0.25) is 0 Å². The zero-order valence-corrected chi connectivity index (χ0v) is 10.6. The average molecular weight is 258 g/mol. The van der Waals surface area contributed by atoms with Gasteiger partial charge in [-0.15, -0.1) is 0 Å². The maximum Gasteiger partial charge on any atom is 0.325 e. The van der Waals surface area contributed by atoms with E-state index in [4.69, 9.17) is 5.11 Å². The maximum absolute atomic E-state index is 11.5. The Morgan fingerprint density at radius 3 is 2.47 bits per heavy atom. The zero-order valence-electron chi connectivity index (χ0n) is 9.81. The van der Waals surface area contributed by atoms with Crippen LogP contribution in [0.3, 0.4) is 0 Å². The van der Waals surface area contributed by atoms with Crippen molar-refractivity contribution in [1.82, 2.24) is 9.88 Å². The van der Waals surface area contributed by atoms with Gasteiger partial charge in [0, 0.05) is 10.6 Å². The molecule has 1 heterocycles. The molecule has 0 aliphatic rings. The standard InChI is InChI=1S/C10H14N2O4S/c1-5(9(14)15)11-8(13)4-12-6(2)7(3)17-10(12)16/h5H,4H2,1-3H3,(H,11,13)(H,14,15)/t5-/m1/s1. The normalized spacial score (nSPS) is 12.2. The fourth-order valence-corrected chi connectivity index (χ4v) is 2.09. The Bertz CT molecular complexity index is 503. The van der Waals surface area contributed by atoms with Crippen LogP contribution < -0.4 is 10.2 Å². The zero-order chi connectivity index (χ0) is 13.2. The first-order chi connectivity index (χ1) is 7.82. The van der Waals surface area contributed by atoms with Crippen LogP contribution in [0.5, 0.6) is 0 Å². The van der Waals surface area contributed by atoms with E-state index < -0.39 is 17.9 Å². The SMILES string of the molecule is Cc1sc(=O)n(CC(=O)N[C@H](C)C(=O)O)c1C. The summed E-state index contributed by atoms with van der Waals surface area (Å²) < 4.78 is 1.34. The summed E-state index contributed by atoms with van der Waals surface area (Å²) in [5, 5.41) is 10.9. The van der Waals surface area contributed by atoms with Crippen LogP contribution in [0, 0.1) is 13.8 Å². The summed E-state index contributed by atoms with van der Waals surface area (Å²) in [7, 11) is 0. The highest BCUT2D eigenvalue weighted by molar-refractivity contribution is 7.09. The molecule has 1 aromatic rings. The van der Waals surface area contributed by atoms with Gasteiger partial charge in [-0.1, -0.05) is 11.3 Å². The maximum atomic E-state index is 11.5. The summed E-state index contributed by atoms with van der Waals surface area (Å²) in [5.74, 6) is -1.59. The second-order valence-corrected chi connectivity index (χ2v) is 4.89. The highest BCUT2D eigenvalue weighted by Gasteiger charge is 2.16. The second-order valence-electron chi connectivity index (χ2n) is 3.72. The molecule has 94 valence electrons. The molecule has 1 atom stereocenters. The molecular weight excluding hydrogens is 244 g/mol. The number of aromatic nitrogens is 1. The highest BCUT2D eigenvalue weighted by atomic mass is 32.1. The lowest BCUT2D eigenvalue weighted by molar-refractivity contribution is -0.141. The van der Waals surface area contributed by atoms with E-state index in [1.165, 1.54) is 11.5 Å². The molecule has 0 unspecified atom stereocenters. The molecule has 0 aliphatic carbocycles. The molecule has 2 N–H and O–H groups in total. The topological polar surface area (TPSA) is 88.4 Å². The van der Waals surface area contributed by atoms with Crippen molar-refractivity contribution in [1.29, 1.82) is 0 Å². The molecule has 0 aliphatic heterocycles. The molecule has 0 aromatic carbocycles. The molecule has 0 spiro atoms. The Hall–Kier alpha value is -1.63. The van der Waals surface area contributed by atoms with Gasteiger partial charge in [-0.3, -0.25) is 19.0 Å². The third-order valence-electron chi connectivity index (χ3n) is 2.42. The lowest BCUT2D eigenvalue weighted by Gasteiger charge is -2.10. The number of carboxylic acid groups (broad SMARTS) is 1. The fraction of sp³-hybridized carbons (Fsp3) is 0.500. The van der Waals surface area contributed by atoms with Crippen molar-refractivity contribution in [2.24, 2.45) is 0 Å². The van der Waals surface area contributed by atoms with Gasteiger partial charge in [0.1, 0.15) is 12.6 Å². The Labute approximate surface area is 102 Å². The molecule has 1 aromatic heterocycles. The van der Waals surface area contributed by atoms with Crippen molar-refractivity contribution in [3.05, 3.63) is 20.2 Å². The van der Waals surface area contributed by atoms with Crippen LogP contribution in [-0.4, -0.2) is 27.6 Å². The number of nitrogens with one attached hydrogen (secondary N) is 1. The molecule has 0 fully saturated rings. The number of aryl methyl sites for hydroxylation is 1. The predicted octanol–water partition coefficient (Wildman–Crippen LogP) is 0.116. The van der Waals surface area contributed by atoms with Gasteiger partial charge in [-0.2, -0.15) is 0 Å². The first kappa shape index (κ1) is 13.4. The molecule has 0 radical (unpaired) electrons. The summed E-state index contributed by atoms with van der Waals surface area (Å²) in [6, 6.07) is -0.960. The van der Waals surface area contributed by atoms with Gasteiger partial charge in [0.2, 0.25) is 5.91 Å². The Morgan fingerprint density at radius 1 is 1.47 bits per heavy atom. The van der Waals surface area contributed by atoms with Gasteiger partial charge in [-0.05, 0) is 20.8 Å². The van der Waals surface area contributed by atoms with Gasteiger partial charge in [0.15, 0.2) is 0 Å². The third-order valence-corrected chi connectivity index (χ3v) is 3.42. The predicted molar refractivity (Wildman–Crippen MR) is 63.3 cm³/mol. The van der Waals surface area contributed by atoms with Crippen molar-refractivity contribution in [2.45, 2.75) is 33.4 Å². The first-order valence-corrected chi connectivity index (χ1v) is 5.83. The van der Waals surface area contributed by atoms with Crippen molar-refractivity contribution < 1.29 is 14.7 Å². The van der Waals surface area contributed by atoms with E-state index in [2.05, 4.69) is 5.32 Å². The van der Waals surface area contributed by atoms with Crippen molar-refractivity contribution in [3.8, 4) is 0 Å². The lowest BCUT2D eigenvalue weighted by Crippen LogP contribution is -2.41. The van der Waals surface area contributed by atoms with Crippen LogP contribution in [-0.2, 0) is 16.1 Å². The van der Waals surface area contributed by atoms with E-state index in [0.29, 0.717) is 0 Å². The smallest absolute Gasteiger partial charge is 0.325 e. The average Bonchev–Trinajstić information content (AvgIpc) is 2.45. The molecule has 0 saturated heterocycles. The number of nitrogens with zero attached hydrogens (tertiary/aromatic N) is 1. The van der Waals surface area contributed by atoms with Gasteiger partial charge in [0.05, 0.1) is 0 Å². The summed E-state index contributed by atoms with van der Waals surface area (Å²) >= 11 is 1.07. The van der Waals surface area contributed by atoms with Gasteiger partial charge < -0.3 is 10.4 Å². The largest absolute Gasteiger partial charge is 0.480 e. The van der Waals surface area contributed by atoms with Crippen molar-refractivity contribution >= 4 is 23.2 Å². The fourth-order valence-electron chi connectivity index (χ4n) is 1.26. The van der Waals surface area contributed by atoms with Crippen LogP contribution >= 0.6 is 11.3 Å². The first-order valence-electron chi connectivity index (χ1n) is 5.02. The van der Waals surface area contributed by atoms with Gasteiger partial charge in [0.25, 0.3) is 0 Å². The number of amides is 1. The summed E-state index contributed by atoms with van der Waals surface area (Å²) in [6.45, 7) is 4.78. The minimum atomic E-state index is -1.11.